The Labute approximate surface area is 133 Å². The lowest BCUT2D eigenvalue weighted by Gasteiger charge is -2.10. The van der Waals surface area contributed by atoms with Crippen molar-refractivity contribution in [1.82, 2.24) is 0 Å². The van der Waals surface area contributed by atoms with Crippen molar-refractivity contribution in [3.05, 3.63) is 68.8 Å². The average Bonchev–Trinajstić information content (AvgIpc) is 2.52. The largest absolute Gasteiger partial charge is 0.496 e. The monoisotopic (exact) mass is 315 g/mol. The van der Waals surface area contributed by atoms with Crippen molar-refractivity contribution in [1.29, 1.82) is 0 Å². The summed E-state index contributed by atoms with van der Waals surface area (Å²) in [6.07, 6.45) is 0. The fraction of sp³-hybridized carbons (Fsp3) is 0.235. The topological polar surface area (TPSA) is 78.7 Å². The molecule has 0 aliphatic rings. The van der Waals surface area contributed by atoms with Crippen molar-refractivity contribution in [2.45, 2.75) is 20.5 Å². The van der Waals surface area contributed by atoms with E-state index in [4.69, 9.17) is 9.47 Å². The van der Waals surface area contributed by atoms with E-state index in [0.717, 1.165) is 11.1 Å². The van der Waals surface area contributed by atoms with Crippen LogP contribution in [0, 0.1) is 24.0 Å². The Hall–Kier alpha value is -2.89. The van der Waals surface area contributed by atoms with Gasteiger partial charge in [-0.05, 0) is 38.1 Å². The SMILES string of the molecule is COc1ccc(C)cc1COC(=O)c1ccc([N+](=O)[O-])c(C)c1. The molecule has 0 bridgehead atoms. The molecule has 0 atom stereocenters. The number of hydrogen-bond donors (Lipinski definition) is 0. The Morgan fingerprint density at radius 3 is 2.52 bits per heavy atom. The number of carbonyl (C=O) groups excluding carboxylic acids is 1. The molecule has 0 radical (unpaired) electrons. The van der Waals surface area contributed by atoms with E-state index in [9.17, 15) is 14.9 Å². The summed E-state index contributed by atoms with van der Waals surface area (Å²) < 4.78 is 10.5. The summed E-state index contributed by atoms with van der Waals surface area (Å²) in [4.78, 5) is 22.4. The normalized spacial score (nSPS) is 10.2. The quantitative estimate of drug-likeness (QED) is 0.479. The minimum atomic E-state index is -0.536. The molecule has 0 unspecified atom stereocenters. The lowest BCUT2D eigenvalue weighted by Crippen LogP contribution is -2.07. The first-order valence-electron chi connectivity index (χ1n) is 6.98. The van der Waals surface area contributed by atoms with E-state index in [1.807, 2.05) is 25.1 Å². The highest BCUT2D eigenvalue weighted by molar-refractivity contribution is 5.90. The summed E-state index contributed by atoms with van der Waals surface area (Å²) in [6, 6.07) is 9.75. The number of benzene rings is 2. The fourth-order valence-corrected chi connectivity index (χ4v) is 2.23. The van der Waals surface area contributed by atoms with Gasteiger partial charge in [0, 0.05) is 17.2 Å². The Balaban J connectivity index is 2.13. The van der Waals surface area contributed by atoms with Crippen LogP contribution in [0.2, 0.25) is 0 Å². The maximum Gasteiger partial charge on any atom is 0.338 e. The lowest BCUT2D eigenvalue weighted by molar-refractivity contribution is -0.385. The van der Waals surface area contributed by atoms with Gasteiger partial charge in [0.05, 0.1) is 17.6 Å². The Morgan fingerprint density at radius 2 is 1.91 bits per heavy atom. The summed E-state index contributed by atoms with van der Waals surface area (Å²) in [7, 11) is 1.55. The summed E-state index contributed by atoms with van der Waals surface area (Å²) in [5.74, 6) is 0.106. The summed E-state index contributed by atoms with van der Waals surface area (Å²) in [6.45, 7) is 3.59. The molecule has 0 aromatic heterocycles. The molecule has 23 heavy (non-hydrogen) atoms. The van der Waals surface area contributed by atoms with Gasteiger partial charge in [0.15, 0.2) is 0 Å². The van der Waals surface area contributed by atoms with Crippen LogP contribution in [0.5, 0.6) is 5.75 Å². The number of methoxy groups -OCH3 is 1. The van der Waals surface area contributed by atoms with Gasteiger partial charge in [-0.25, -0.2) is 4.79 Å². The molecule has 0 saturated carbocycles. The summed E-state index contributed by atoms with van der Waals surface area (Å²) in [5.41, 5.74) is 2.46. The van der Waals surface area contributed by atoms with Crippen LogP contribution in [0.25, 0.3) is 0 Å². The second-order valence-electron chi connectivity index (χ2n) is 5.15. The van der Waals surface area contributed by atoms with Crippen molar-refractivity contribution in [2.75, 3.05) is 7.11 Å². The number of carbonyl (C=O) groups is 1. The minimum Gasteiger partial charge on any atom is -0.496 e. The van der Waals surface area contributed by atoms with Gasteiger partial charge in [-0.1, -0.05) is 11.6 Å². The van der Waals surface area contributed by atoms with Crippen LogP contribution in [0.1, 0.15) is 27.0 Å². The second-order valence-corrected chi connectivity index (χ2v) is 5.15. The number of esters is 1. The molecule has 2 aromatic rings. The smallest absolute Gasteiger partial charge is 0.338 e. The molecule has 0 fully saturated rings. The van der Waals surface area contributed by atoms with Crippen LogP contribution >= 0.6 is 0 Å². The van der Waals surface area contributed by atoms with Crippen molar-refractivity contribution < 1.29 is 19.2 Å². The number of nitrogens with zero attached hydrogens (tertiary/aromatic N) is 1. The number of nitro benzene ring substituents is 1. The molecule has 0 N–H and O–H groups in total. The van der Waals surface area contributed by atoms with Gasteiger partial charge < -0.3 is 9.47 Å². The van der Waals surface area contributed by atoms with Crippen LogP contribution in [0.15, 0.2) is 36.4 Å². The Morgan fingerprint density at radius 1 is 1.17 bits per heavy atom. The van der Waals surface area contributed by atoms with Crippen LogP contribution in [0.4, 0.5) is 5.69 Å². The lowest BCUT2D eigenvalue weighted by atomic mass is 10.1. The number of rotatable bonds is 5. The third-order valence-corrected chi connectivity index (χ3v) is 3.42. The third kappa shape index (κ3) is 3.85. The predicted octanol–water partition coefficient (Wildman–Crippen LogP) is 3.58. The van der Waals surface area contributed by atoms with Crippen molar-refractivity contribution in [3.63, 3.8) is 0 Å². The first-order valence-corrected chi connectivity index (χ1v) is 6.98. The van der Waals surface area contributed by atoms with Crippen LogP contribution in [0.3, 0.4) is 0 Å². The molecular formula is C17H17NO5. The summed E-state index contributed by atoms with van der Waals surface area (Å²) in [5, 5.41) is 10.8. The zero-order chi connectivity index (χ0) is 17.0. The highest BCUT2D eigenvalue weighted by atomic mass is 16.6. The number of nitro groups is 1. The van der Waals surface area contributed by atoms with Crippen molar-refractivity contribution in [2.24, 2.45) is 0 Å². The predicted molar refractivity (Wildman–Crippen MR) is 84.7 cm³/mol. The Bertz CT molecular complexity index is 755. The van der Waals surface area contributed by atoms with E-state index < -0.39 is 10.9 Å². The molecule has 0 spiro atoms. The van der Waals surface area contributed by atoms with E-state index in [1.54, 1.807) is 14.0 Å². The molecule has 0 amide bonds. The van der Waals surface area contributed by atoms with Gasteiger partial charge in [-0.2, -0.15) is 0 Å². The standard InChI is InChI=1S/C17H17NO5/c1-11-4-7-16(22-3)14(8-11)10-23-17(19)13-5-6-15(18(20)21)12(2)9-13/h4-9H,10H2,1-3H3. The third-order valence-electron chi connectivity index (χ3n) is 3.42. The molecule has 120 valence electrons. The maximum absolute atomic E-state index is 12.1. The fourth-order valence-electron chi connectivity index (χ4n) is 2.23. The zero-order valence-corrected chi connectivity index (χ0v) is 13.2. The Kier molecular flexibility index (Phi) is 4.95. The van der Waals surface area contributed by atoms with Crippen molar-refractivity contribution in [3.8, 4) is 5.75 Å². The van der Waals surface area contributed by atoms with E-state index >= 15 is 0 Å². The average molecular weight is 315 g/mol. The molecule has 6 heteroatoms. The number of hydrogen-bond acceptors (Lipinski definition) is 5. The van der Waals surface area contributed by atoms with Gasteiger partial charge in [0.2, 0.25) is 0 Å². The van der Waals surface area contributed by atoms with Gasteiger partial charge in [-0.15, -0.1) is 0 Å². The molecular weight excluding hydrogens is 298 g/mol. The number of ether oxygens (including phenoxy) is 2. The molecule has 6 nitrogen and oxygen atoms in total. The molecule has 0 aliphatic heterocycles. The highest BCUT2D eigenvalue weighted by Gasteiger charge is 2.15. The van der Waals surface area contributed by atoms with E-state index in [1.165, 1.54) is 18.2 Å². The zero-order valence-electron chi connectivity index (χ0n) is 13.2. The van der Waals surface area contributed by atoms with Crippen LogP contribution < -0.4 is 4.74 Å². The number of aryl methyl sites for hydroxylation is 2. The van der Waals surface area contributed by atoms with Crippen LogP contribution in [-0.4, -0.2) is 18.0 Å². The van der Waals surface area contributed by atoms with Gasteiger partial charge >= 0.3 is 5.97 Å². The van der Waals surface area contributed by atoms with E-state index in [2.05, 4.69) is 0 Å². The highest BCUT2D eigenvalue weighted by Crippen LogP contribution is 2.22. The molecule has 0 saturated heterocycles. The molecule has 2 rings (SSSR count). The molecule has 0 aliphatic carbocycles. The van der Waals surface area contributed by atoms with Gasteiger partial charge in [0.25, 0.3) is 5.69 Å². The summed E-state index contributed by atoms with van der Waals surface area (Å²) >= 11 is 0. The minimum absolute atomic E-state index is 0.0260. The molecule has 0 heterocycles. The maximum atomic E-state index is 12.1. The van der Waals surface area contributed by atoms with E-state index in [0.29, 0.717) is 11.3 Å². The van der Waals surface area contributed by atoms with Crippen LogP contribution in [-0.2, 0) is 11.3 Å². The van der Waals surface area contributed by atoms with Gasteiger partial charge in [0.1, 0.15) is 12.4 Å². The van der Waals surface area contributed by atoms with E-state index in [-0.39, 0.29) is 17.9 Å². The second kappa shape index (κ2) is 6.91. The first-order chi connectivity index (χ1) is 10.9. The first kappa shape index (κ1) is 16.5. The van der Waals surface area contributed by atoms with Gasteiger partial charge in [-0.3, -0.25) is 10.1 Å². The molecule has 2 aromatic carbocycles. The van der Waals surface area contributed by atoms with Crippen molar-refractivity contribution >= 4 is 11.7 Å².